The quantitative estimate of drug-likeness (QED) is 0.506. The molecule has 2 heterocycles. The van der Waals surface area contributed by atoms with Gasteiger partial charge in [-0.15, -0.1) is 0 Å². The van der Waals surface area contributed by atoms with Crippen LogP contribution in [0, 0.1) is 31.0 Å². The third-order valence-corrected chi connectivity index (χ3v) is 4.51. The standard InChI is InChI=1S/C23H17FN4/c1-14-9-20-22(11-15(2)27-23(20)21(24)10-14)28-18-6-3-16(4-7-18)17-5-8-19(12-25)26-13-17/h3-11,13H,1-2H3,(H,27,28). The van der Waals surface area contributed by atoms with Crippen LogP contribution >= 0.6 is 0 Å². The lowest BCUT2D eigenvalue weighted by atomic mass is 10.1. The number of halogens is 1. The van der Waals surface area contributed by atoms with Crippen LogP contribution in [0.2, 0.25) is 0 Å². The number of anilines is 2. The summed E-state index contributed by atoms with van der Waals surface area (Å²) in [7, 11) is 0. The predicted octanol–water partition coefficient (Wildman–Crippen LogP) is 5.67. The predicted molar refractivity (Wildman–Crippen MR) is 109 cm³/mol. The summed E-state index contributed by atoms with van der Waals surface area (Å²) in [6, 6.07) is 18.8. The Morgan fingerprint density at radius 1 is 0.964 bits per heavy atom. The first-order valence-corrected chi connectivity index (χ1v) is 8.84. The molecule has 0 amide bonds. The first-order chi connectivity index (χ1) is 13.5. The number of hydrogen-bond donors (Lipinski definition) is 1. The molecule has 1 N–H and O–H groups in total. The number of benzene rings is 2. The van der Waals surface area contributed by atoms with E-state index in [9.17, 15) is 4.39 Å². The van der Waals surface area contributed by atoms with E-state index in [-0.39, 0.29) is 5.82 Å². The lowest BCUT2D eigenvalue weighted by Crippen LogP contribution is -1.97. The van der Waals surface area contributed by atoms with Gasteiger partial charge in [0.1, 0.15) is 23.1 Å². The maximum absolute atomic E-state index is 14.3. The molecule has 28 heavy (non-hydrogen) atoms. The van der Waals surface area contributed by atoms with Gasteiger partial charge in [-0.3, -0.25) is 0 Å². The molecule has 0 radical (unpaired) electrons. The fraction of sp³-hybridized carbons (Fsp3) is 0.0870. The van der Waals surface area contributed by atoms with Gasteiger partial charge in [-0.25, -0.2) is 14.4 Å². The van der Waals surface area contributed by atoms with Crippen LogP contribution in [0.4, 0.5) is 15.8 Å². The van der Waals surface area contributed by atoms with E-state index in [1.165, 1.54) is 6.07 Å². The molecular formula is C23H17FN4. The second-order valence-electron chi connectivity index (χ2n) is 6.70. The highest BCUT2D eigenvalue weighted by molar-refractivity contribution is 5.94. The Bertz CT molecular complexity index is 1210. The topological polar surface area (TPSA) is 61.6 Å². The molecule has 2 aromatic heterocycles. The Kier molecular flexibility index (Phi) is 4.46. The molecule has 0 atom stereocenters. The molecule has 0 unspecified atom stereocenters. The van der Waals surface area contributed by atoms with Crippen molar-refractivity contribution in [3.8, 4) is 17.2 Å². The zero-order valence-corrected chi connectivity index (χ0v) is 15.5. The highest BCUT2D eigenvalue weighted by atomic mass is 19.1. The van der Waals surface area contributed by atoms with Crippen molar-refractivity contribution in [1.82, 2.24) is 9.97 Å². The normalized spacial score (nSPS) is 10.6. The minimum absolute atomic E-state index is 0.314. The molecule has 0 aliphatic rings. The van der Waals surface area contributed by atoms with E-state index in [2.05, 4.69) is 15.3 Å². The Labute approximate surface area is 162 Å². The van der Waals surface area contributed by atoms with Crippen LogP contribution in [-0.4, -0.2) is 9.97 Å². The van der Waals surface area contributed by atoms with Crippen molar-refractivity contribution in [2.45, 2.75) is 13.8 Å². The second kappa shape index (κ2) is 7.09. The molecule has 0 bridgehead atoms. The van der Waals surface area contributed by atoms with Gasteiger partial charge in [0.15, 0.2) is 0 Å². The van der Waals surface area contributed by atoms with E-state index >= 15 is 0 Å². The molecule has 136 valence electrons. The Hall–Kier alpha value is -3.78. The Balaban J connectivity index is 1.67. The molecule has 2 aromatic carbocycles. The number of rotatable bonds is 3. The van der Waals surface area contributed by atoms with E-state index in [1.807, 2.05) is 62.4 Å². The van der Waals surface area contributed by atoms with Crippen LogP contribution in [0.5, 0.6) is 0 Å². The van der Waals surface area contributed by atoms with Crippen LogP contribution in [0.3, 0.4) is 0 Å². The molecule has 0 saturated heterocycles. The molecule has 4 nitrogen and oxygen atoms in total. The number of nitriles is 1. The van der Waals surface area contributed by atoms with Crippen LogP contribution in [0.25, 0.3) is 22.0 Å². The fourth-order valence-corrected chi connectivity index (χ4v) is 3.18. The van der Waals surface area contributed by atoms with Gasteiger partial charge in [0.25, 0.3) is 0 Å². The third-order valence-electron chi connectivity index (χ3n) is 4.51. The number of hydrogen-bond acceptors (Lipinski definition) is 4. The van der Waals surface area contributed by atoms with Crippen molar-refractivity contribution in [1.29, 1.82) is 5.26 Å². The molecule has 0 aliphatic heterocycles. The molecule has 0 saturated carbocycles. The second-order valence-corrected chi connectivity index (χ2v) is 6.70. The number of aromatic nitrogens is 2. The molecule has 5 heteroatoms. The van der Waals surface area contributed by atoms with Crippen LogP contribution in [0.15, 0.2) is 60.8 Å². The van der Waals surface area contributed by atoms with Crippen molar-refractivity contribution in [3.05, 3.63) is 83.6 Å². The number of nitrogens with one attached hydrogen (secondary N) is 1. The van der Waals surface area contributed by atoms with E-state index in [1.54, 1.807) is 12.3 Å². The number of nitrogens with zero attached hydrogens (tertiary/aromatic N) is 3. The van der Waals surface area contributed by atoms with Gasteiger partial charge < -0.3 is 5.32 Å². The minimum atomic E-state index is -0.314. The van der Waals surface area contributed by atoms with Gasteiger partial charge in [0.05, 0.1) is 0 Å². The van der Waals surface area contributed by atoms with Crippen molar-refractivity contribution >= 4 is 22.3 Å². The van der Waals surface area contributed by atoms with Gasteiger partial charge in [-0.2, -0.15) is 5.26 Å². The lowest BCUT2D eigenvalue weighted by Gasteiger charge is -2.12. The van der Waals surface area contributed by atoms with E-state index < -0.39 is 0 Å². The first kappa shape index (κ1) is 17.6. The highest BCUT2D eigenvalue weighted by Crippen LogP contribution is 2.30. The summed E-state index contributed by atoms with van der Waals surface area (Å²) in [6.07, 6.45) is 1.69. The molecule has 0 aliphatic carbocycles. The summed E-state index contributed by atoms with van der Waals surface area (Å²) in [5.41, 5.74) is 6.00. The number of fused-ring (bicyclic) bond motifs is 1. The zero-order chi connectivity index (χ0) is 19.7. The Morgan fingerprint density at radius 3 is 2.39 bits per heavy atom. The van der Waals surface area contributed by atoms with Gasteiger partial charge >= 0.3 is 0 Å². The summed E-state index contributed by atoms with van der Waals surface area (Å²) in [6.45, 7) is 3.72. The highest BCUT2D eigenvalue weighted by Gasteiger charge is 2.10. The fourth-order valence-electron chi connectivity index (χ4n) is 3.18. The van der Waals surface area contributed by atoms with Gasteiger partial charge in [-0.05, 0) is 67.4 Å². The molecular weight excluding hydrogens is 351 g/mol. The molecule has 4 rings (SSSR count). The maximum atomic E-state index is 14.3. The van der Waals surface area contributed by atoms with Crippen LogP contribution < -0.4 is 5.32 Å². The number of aryl methyl sites for hydroxylation is 2. The summed E-state index contributed by atoms with van der Waals surface area (Å²) in [5.74, 6) is -0.314. The van der Waals surface area contributed by atoms with Crippen molar-refractivity contribution < 1.29 is 4.39 Å². The molecule has 0 fully saturated rings. The summed E-state index contributed by atoms with van der Waals surface area (Å²) < 4.78 is 14.3. The monoisotopic (exact) mass is 368 g/mol. The SMILES string of the molecule is Cc1cc(F)c2nc(C)cc(Nc3ccc(-c4ccc(C#N)nc4)cc3)c2c1. The summed E-state index contributed by atoms with van der Waals surface area (Å²) in [5, 5.41) is 13.0. The average Bonchev–Trinajstić information content (AvgIpc) is 2.69. The van der Waals surface area contributed by atoms with E-state index in [0.717, 1.165) is 39.1 Å². The number of pyridine rings is 2. The average molecular weight is 368 g/mol. The molecule has 4 aromatic rings. The van der Waals surface area contributed by atoms with E-state index in [0.29, 0.717) is 11.2 Å². The zero-order valence-electron chi connectivity index (χ0n) is 15.5. The minimum Gasteiger partial charge on any atom is -0.355 e. The van der Waals surface area contributed by atoms with Crippen LogP contribution in [-0.2, 0) is 0 Å². The lowest BCUT2D eigenvalue weighted by molar-refractivity contribution is 0.635. The molecule has 0 spiro atoms. The largest absolute Gasteiger partial charge is 0.355 e. The van der Waals surface area contributed by atoms with E-state index in [4.69, 9.17) is 5.26 Å². The van der Waals surface area contributed by atoms with Gasteiger partial charge in [0, 0.05) is 34.2 Å². The van der Waals surface area contributed by atoms with Crippen molar-refractivity contribution in [2.24, 2.45) is 0 Å². The third kappa shape index (κ3) is 3.40. The van der Waals surface area contributed by atoms with Gasteiger partial charge in [0.2, 0.25) is 0 Å². The smallest absolute Gasteiger partial charge is 0.149 e. The Morgan fingerprint density at radius 2 is 1.71 bits per heavy atom. The summed E-state index contributed by atoms with van der Waals surface area (Å²) >= 11 is 0. The van der Waals surface area contributed by atoms with Gasteiger partial charge in [-0.1, -0.05) is 12.1 Å². The van der Waals surface area contributed by atoms with Crippen molar-refractivity contribution in [2.75, 3.05) is 5.32 Å². The maximum Gasteiger partial charge on any atom is 0.149 e. The van der Waals surface area contributed by atoms with Crippen molar-refractivity contribution in [3.63, 3.8) is 0 Å². The summed E-state index contributed by atoms with van der Waals surface area (Å²) in [4.78, 5) is 8.45. The van der Waals surface area contributed by atoms with Crippen LogP contribution in [0.1, 0.15) is 17.0 Å². The first-order valence-electron chi connectivity index (χ1n) is 8.84.